The lowest BCUT2D eigenvalue weighted by molar-refractivity contribution is 0.0897. The molecule has 1 fully saturated rings. The van der Waals surface area contributed by atoms with E-state index in [2.05, 4.69) is 5.32 Å². The molecule has 122 valence electrons. The van der Waals surface area contributed by atoms with E-state index in [9.17, 15) is 13.2 Å². The predicted octanol–water partition coefficient (Wildman–Crippen LogP) is 1.73. The van der Waals surface area contributed by atoms with Crippen LogP contribution in [0.5, 0.6) is 0 Å². The van der Waals surface area contributed by atoms with E-state index < -0.39 is 15.1 Å². The van der Waals surface area contributed by atoms with Gasteiger partial charge in [-0.05, 0) is 63.8 Å². The van der Waals surface area contributed by atoms with Crippen LogP contribution in [0.4, 0.5) is 0 Å². The molecule has 1 unspecified atom stereocenters. The van der Waals surface area contributed by atoms with Crippen molar-refractivity contribution in [2.75, 3.05) is 6.54 Å². The first-order valence-electron chi connectivity index (χ1n) is 7.57. The summed E-state index contributed by atoms with van der Waals surface area (Å²) in [6, 6.07) is 6.07. The Bertz CT molecular complexity index is 648. The van der Waals surface area contributed by atoms with Crippen molar-refractivity contribution in [3.63, 3.8) is 0 Å². The lowest BCUT2D eigenvalue weighted by Gasteiger charge is -2.29. The van der Waals surface area contributed by atoms with E-state index in [-0.39, 0.29) is 16.3 Å². The normalized spacial score (nSPS) is 18.0. The quantitative estimate of drug-likeness (QED) is 0.834. The fraction of sp³-hybridized carbons (Fsp3) is 0.562. The van der Waals surface area contributed by atoms with Crippen LogP contribution in [0.1, 0.15) is 44.0 Å². The van der Waals surface area contributed by atoms with E-state index in [0.717, 1.165) is 12.8 Å². The molecule has 1 aliphatic carbocycles. The third-order valence-electron chi connectivity index (χ3n) is 4.37. The number of carbonyl (C=O) groups is 1. The van der Waals surface area contributed by atoms with Gasteiger partial charge in [-0.25, -0.2) is 8.42 Å². The Balaban J connectivity index is 2.15. The van der Waals surface area contributed by atoms with Crippen LogP contribution >= 0.6 is 0 Å². The zero-order valence-electron chi connectivity index (χ0n) is 13.3. The van der Waals surface area contributed by atoms with Gasteiger partial charge in [-0.3, -0.25) is 4.79 Å². The number of carbonyl (C=O) groups excluding carboxylic acids is 1. The largest absolute Gasteiger partial charge is 0.345 e. The van der Waals surface area contributed by atoms with Crippen LogP contribution in [-0.2, 0) is 9.84 Å². The van der Waals surface area contributed by atoms with E-state index in [1.54, 1.807) is 26.0 Å². The molecular formula is C16H24N2O3S. The monoisotopic (exact) mass is 324 g/mol. The lowest BCUT2D eigenvalue weighted by atomic mass is 9.95. The van der Waals surface area contributed by atoms with E-state index in [0.29, 0.717) is 18.0 Å². The Morgan fingerprint density at radius 1 is 1.32 bits per heavy atom. The molecule has 2 rings (SSSR count). The summed E-state index contributed by atoms with van der Waals surface area (Å²) in [5.41, 5.74) is 5.85. The first-order valence-corrected chi connectivity index (χ1v) is 9.12. The van der Waals surface area contributed by atoms with Gasteiger partial charge >= 0.3 is 0 Å². The molecule has 5 nitrogen and oxygen atoms in total. The third-order valence-corrected chi connectivity index (χ3v) is 6.54. The van der Waals surface area contributed by atoms with Crippen LogP contribution in [-0.4, -0.2) is 31.7 Å². The summed E-state index contributed by atoms with van der Waals surface area (Å²) in [7, 11) is -3.31. The molecule has 1 atom stereocenters. The maximum Gasteiger partial charge on any atom is 0.251 e. The van der Waals surface area contributed by atoms with Gasteiger partial charge in [0.15, 0.2) is 9.84 Å². The molecule has 22 heavy (non-hydrogen) atoms. The summed E-state index contributed by atoms with van der Waals surface area (Å²) >= 11 is 0. The van der Waals surface area contributed by atoms with Crippen molar-refractivity contribution in [1.29, 1.82) is 0 Å². The van der Waals surface area contributed by atoms with Crippen LogP contribution in [0.3, 0.4) is 0 Å². The molecule has 1 aromatic rings. The standard InChI is InChI=1S/C16H24N2O3S/c1-11(2)22(20,21)14-8-4-12(5-9-14)15(19)18-16(3,10-17)13-6-7-13/h4-5,8-9,11,13H,6-7,10,17H2,1-3H3,(H,18,19). The molecule has 0 bridgehead atoms. The highest BCUT2D eigenvalue weighted by Crippen LogP contribution is 2.39. The SMILES string of the molecule is CC(C)S(=O)(=O)c1ccc(C(=O)NC(C)(CN)C2CC2)cc1. The highest BCUT2D eigenvalue weighted by atomic mass is 32.2. The van der Waals surface area contributed by atoms with Gasteiger partial charge in [0.05, 0.1) is 15.7 Å². The highest BCUT2D eigenvalue weighted by Gasteiger charge is 2.41. The highest BCUT2D eigenvalue weighted by molar-refractivity contribution is 7.92. The maximum atomic E-state index is 12.3. The second-order valence-electron chi connectivity index (χ2n) is 6.47. The summed E-state index contributed by atoms with van der Waals surface area (Å²) < 4.78 is 24.1. The van der Waals surface area contributed by atoms with Crippen molar-refractivity contribution in [2.45, 2.75) is 49.3 Å². The van der Waals surface area contributed by atoms with Crippen LogP contribution in [0.25, 0.3) is 0 Å². The van der Waals surface area contributed by atoms with Gasteiger partial charge in [0.2, 0.25) is 0 Å². The van der Waals surface area contributed by atoms with Crippen molar-refractivity contribution >= 4 is 15.7 Å². The van der Waals surface area contributed by atoms with Gasteiger partial charge in [-0.2, -0.15) is 0 Å². The molecule has 1 aromatic carbocycles. The summed E-state index contributed by atoms with van der Waals surface area (Å²) in [5.74, 6) is 0.218. The van der Waals surface area contributed by atoms with Gasteiger partial charge in [-0.15, -0.1) is 0 Å². The average Bonchev–Trinajstić information content (AvgIpc) is 3.32. The van der Waals surface area contributed by atoms with Crippen molar-refractivity contribution in [1.82, 2.24) is 5.32 Å². The number of nitrogens with two attached hydrogens (primary N) is 1. The Kier molecular flexibility index (Phi) is 4.63. The minimum atomic E-state index is -3.31. The molecule has 1 aliphatic rings. The van der Waals surface area contributed by atoms with E-state index in [1.807, 2.05) is 6.92 Å². The van der Waals surface area contributed by atoms with E-state index in [4.69, 9.17) is 5.73 Å². The van der Waals surface area contributed by atoms with Gasteiger partial charge < -0.3 is 11.1 Å². The summed E-state index contributed by atoms with van der Waals surface area (Å²) in [6.07, 6.45) is 2.17. The van der Waals surface area contributed by atoms with Crippen LogP contribution in [0.15, 0.2) is 29.2 Å². The Morgan fingerprint density at radius 2 is 1.86 bits per heavy atom. The molecule has 0 aromatic heterocycles. The fourth-order valence-corrected chi connectivity index (χ4v) is 3.50. The summed E-state index contributed by atoms with van der Waals surface area (Å²) in [4.78, 5) is 12.6. The first kappa shape index (κ1) is 17.0. The molecular weight excluding hydrogens is 300 g/mol. The molecule has 3 N–H and O–H groups in total. The molecule has 0 radical (unpaired) electrons. The third kappa shape index (κ3) is 3.33. The molecule has 6 heteroatoms. The van der Waals surface area contributed by atoms with Gasteiger partial charge in [0.1, 0.15) is 0 Å². The van der Waals surface area contributed by atoms with E-state index >= 15 is 0 Å². The number of hydrogen-bond donors (Lipinski definition) is 2. The van der Waals surface area contributed by atoms with Gasteiger partial charge in [-0.1, -0.05) is 0 Å². The smallest absolute Gasteiger partial charge is 0.251 e. The Hall–Kier alpha value is -1.40. The number of amides is 1. The topological polar surface area (TPSA) is 89.3 Å². The second-order valence-corrected chi connectivity index (χ2v) is 8.97. The van der Waals surface area contributed by atoms with Crippen LogP contribution in [0, 0.1) is 5.92 Å². The minimum Gasteiger partial charge on any atom is -0.345 e. The number of sulfone groups is 1. The minimum absolute atomic E-state index is 0.214. The van der Waals surface area contributed by atoms with Crippen molar-refractivity contribution in [2.24, 2.45) is 11.7 Å². The van der Waals surface area contributed by atoms with Crippen LogP contribution < -0.4 is 11.1 Å². The number of rotatable bonds is 6. The lowest BCUT2D eigenvalue weighted by Crippen LogP contribution is -2.53. The first-order chi connectivity index (χ1) is 10.2. The summed E-state index contributed by atoms with van der Waals surface area (Å²) in [5, 5.41) is 2.51. The molecule has 0 heterocycles. The Morgan fingerprint density at radius 3 is 2.27 bits per heavy atom. The van der Waals surface area contributed by atoms with Crippen molar-refractivity contribution < 1.29 is 13.2 Å². The zero-order valence-corrected chi connectivity index (χ0v) is 14.1. The van der Waals surface area contributed by atoms with E-state index in [1.165, 1.54) is 12.1 Å². The summed E-state index contributed by atoms with van der Waals surface area (Å²) in [6.45, 7) is 5.62. The number of hydrogen-bond acceptors (Lipinski definition) is 4. The molecule has 0 saturated heterocycles. The Labute approximate surface area is 132 Å². The van der Waals surface area contributed by atoms with Crippen molar-refractivity contribution in [3.8, 4) is 0 Å². The van der Waals surface area contributed by atoms with Gasteiger partial charge in [0, 0.05) is 12.1 Å². The zero-order chi connectivity index (χ0) is 16.5. The molecule has 0 aliphatic heterocycles. The molecule has 0 spiro atoms. The predicted molar refractivity (Wildman–Crippen MR) is 86.4 cm³/mol. The molecule has 1 saturated carbocycles. The number of nitrogens with one attached hydrogen (secondary N) is 1. The average molecular weight is 324 g/mol. The van der Waals surface area contributed by atoms with Crippen molar-refractivity contribution in [3.05, 3.63) is 29.8 Å². The maximum absolute atomic E-state index is 12.3. The number of benzene rings is 1. The second kappa shape index (κ2) is 6.01. The van der Waals surface area contributed by atoms with Crippen LogP contribution in [0.2, 0.25) is 0 Å². The van der Waals surface area contributed by atoms with Gasteiger partial charge in [0.25, 0.3) is 5.91 Å². The molecule has 1 amide bonds. The fourth-order valence-electron chi connectivity index (χ4n) is 2.44.